The topological polar surface area (TPSA) is 146 Å². The molecule has 2 aromatic rings. The Morgan fingerprint density at radius 3 is 2.15 bits per heavy atom. The van der Waals surface area contributed by atoms with E-state index in [4.69, 9.17) is 29.8 Å². The Hall–Kier alpha value is -3.28. The number of benzene rings is 2. The van der Waals surface area contributed by atoms with Crippen molar-refractivity contribution in [1.82, 2.24) is 0 Å². The van der Waals surface area contributed by atoms with Crippen LogP contribution in [0.25, 0.3) is 6.08 Å². The second-order valence-electron chi connectivity index (χ2n) is 6.87. The van der Waals surface area contributed by atoms with Gasteiger partial charge in [-0.25, -0.2) is 8.42 Å². The van der Waals surface area contributed by atoms with E-state index in [1.807, 2.05) is 0 Å². The van der Waals surface area contributed by atoms with E-state index in [0.29, 0.717) is 34.1 Å². The van der Waals surface area contributed by atoms with Gasteiger partial charge in [0.25, 0.3) is 0 Å². The molecule has 0 aromatic heterocycles. The van der Waals surface area contributed by atoms with Gasteiger partial charge < -0.3 is 35.1 Å². The van der Waals surface area contributed by atoms with Crippen LogP contribution < -0.4 is 30.0 Å². The summed E-state index contributed by atoms with van der Waals surface area (Å²) < 4.78 is 46.6. The molecule has 0 heterocycles. The Morgan fingerprint density at radius 1 is 1.03 bits per heavy atom. The zero-order chi connectivity index (χ0) is 24.6. The van der Waals surface area contributed by atoms with Crippen molar-refractivity contribution in [2.45, 2.75) is 11.8 Å². The molecule has 0 saturated heterocycles. The van der Waals surface area contributed by atoms with E-state index in [1.165, 1.54) is 46.6 Å². The molecule has 10 nitrogen and oxygen atoms in total. The largest absolute Gasteiger partial charge is 0.496 e. The molecule has 0 aliphatic heterocycles. The van der Waals surface area contributed by atoms with Gasteiger partial charge in [0, 0.05) is 17.5 Å². The first-order valence-corrected chi connectivity index (χ1v) is 11.4. The molecule has 4 N–H and O–H groups in total. The Labute approximate surface area is 192 Å². The zero-order valence-corrected chi connectivity index (χ0v) is 19.6. The fraction of sp³-hybridized carbons (Fsp3) is 0.318. The second-order valence-corrected chi connectivity index (χ2v) is 8.76. The fourth-order valence-corrected chi connectivity index (χ4v) is 3.98. The van der Waals surface area contributed by atoms with E-state index in [2.05, 4.69) is 5.32 Å². The van der Waals surface area contributed by atoms with Crippen LogP contribution >= 0.6 is 0 Å². The number of nitrogens with one attached hydrogen (secondary N) is 1. The third-order valence-corrected chi connectivity index (χ3v) is 5.90. The first-order valence-electron chi connectivity index (χ1n) is 9.73. The third kappa shape index (κ3) is 6.85. The number of carbonyl (C=O) groups is 1. The van der Waals surface area contributed by atoms with Gasteiger partial charge in [-0.15, -0.1) is 0 Å². The summed E-state index contributed by atoms with van der Waals surface area (Å²) in [7, 11) is 2.09. The number of amides is 1. The van der Waals surface area contributed by atoms with Crippen LogP contribution in [0.2, 0.25) is 0 Å². The molecule has 0 aliphatic rings. The molecule has 1 amide bonds. The molecule has 0 fully saturated rings. The number of aliphatic hydroxyl groups is 1. The molecule has 0 radical (unpaired) electrons. The normalized spacial score (nSPS) is 12.3. The number of sulfone groups is 1. The van der Waals surface area contributed by atoms with Crippen molar-refractivity contribution in [2.75, 3.05) is 40.4 Å². The number of hydrogen-bond acceptors (Lipinski definition) is 9. The molecule has 0 bridgehead atoms. The number of anilines is 1. The number of rotatable bonds is 11. The van der Waals surface area contributed by atoms with Crippen molar-refractivity contribution in [2.24, 2.45) is 5.73 Å². The SMILES string of the molecule is COc1cc(OC)c(/C=C\S(=O)(=O)Cc2ccc(OC)c(NC(=O)[C@@H](N)CO)c2)c(OC)c1. The Balaban J connectivity index is 2.32. The molecular formula is C22H28N2O8S. The summed E-state index contributed by atoms with van der Waals surface area (Å²) >= 11 is 0. The Morgan fingerprint density at radius 2 is 1.64 bits per heavy atom. The van der Waals surface area contributed by atoms with Crippen LogP contribution in [0, 0.1) is 0 Å². The highest BCUT2D eigenvalue weighted by Crippen LogP contribution is 2.35. The van der Waals surface area contributed by atoms with Crippen LogP contribution in [0.3, 0.4) is 0 Å². The number of hydrogen-bond donors (Lipinski definition) is 3. The highest BCUT2D eigenvalue weighted by atomic mass is 32.2. The minimum atomic E-state index is -3.73. The molecule has 0 saturated carbocycles. The van der Waals surface area contributed by atoms with Gasteiger partial charge in [0.15, 0.2) is 9.84 Å². The zero-order valence-electron chi connectivity index (χ0n) is 18.8. The molecule has 2 rings (SSSR count). The molecule has 2 aromatic carbocycles. The van der Waals surface area contributed by atoms with E-state index < -0.39 is 28.4 Å². The molecule has 180 valence electrons. The first-order chi connectivity index (χ1) is 15.7. The molecule has 1 atom stereocenters. The maximum absolute atomic E-state index is 12.8. The molecular weight excluding hydrogens is 452 g/mol. The molecule has 33 heavy (non-hydrogen) atoms. The predicted molar refractivity (Wildman–Crippen MR) is 124 cm³/mol. The van der Waals surface area contributed by atoms with Gasteiger partial charge in [-0.1, -0.05) is 6.07 Å². The standard InChI is InChI=1S/C22H28N2O8S/c1-29-15-10-20(31-3)16(21(11-15)32-4)7-8-33(27,28)13-14-5-6-19(30-2)18(9-14)24-22(26)17(23)12-25/h5-11,17,25H,12-13,23H2,1-4H3,(H,24,26)/b8-7-/t17-/m0/s1. The quantitative estimate of drug-likeness (QED) is 0.436. The van der Waals surface area contributed by atoms with E-state index in [-0.39, 0.29) is 11.4 Å². The number of methoxy groups -OCH3 is 4. The monoisotopic (exact) mass is 480 g/mol. The fourth-order valence-electron chi connectivity index (χ4n) is 2.90. The lowest BCUT2D eigenvalue weighted by molar-refractivity contribution is -0.118. The lowest BCUT2D eigenvalue weighted by atomic mass is 10.1. The maximum atomic E-state index is 12.8. The summed E-state index contributed by atoms with van der Waals surface area (Å²) in [5.74, 6) is 0.604. The van der Waals surface area contributed by atoms with Crippen LogP contribution in [-0.2, 0) is 20.4 Å². The number of aliphatic hydroxyl groups excluding tert-OH is 1. The Bertz CT molecular complexity index is 1090. The predicted octanol–water partition coefficient (Wildman–Crippen LogP) is 1.56. The summed E-state index contributed by atoms with van der Waals surface area (Å²) in [6, 6.07) is 6.68. The summed E-state index contributed by atoms with van der Waals surface area (Å²) in [5, 5.41) is 12.6. The lowest BCUT2D eigenvalue weighted by Gasteiger charge is -2.14. The van der Waals surface area contributed by atoms with Crippen LogP contribution in [0.15, 0.2) is 35.7 Å². The summed E-state index contributed by atoms with van der Waals surface area (Å²) in [6.45, 7) is -0.536. The van der Waals surface area contributed by atoms with E-state index >= 15 is 0 Å². The minimum absolute atomic E-state index is 0.238. The van der Waals surface area contributed by atoms with Gasteiger partial charge in [0.05, 0.1) is 52.0 Å². The second kappa shape index (κ2) is 11.5. The van der Waals surface area contributed by atoms with E-state index in [0.717, 1.165) is 5.41 Å². The van der Waals surface area contributed by atoms with Gasteiger partial charge in [-0.2, -0.15) is 0 Å². The average molecular weight is 481 g/mol. The van der Waals surface area contributed by atoms with Crippen molar-refractivity contribution < 1.29 is 37.3 Å². The van der Waals surface area contributed by atoms with Crippen LogP contribution in [0.4, 0.5) is 5.69 Å². The van der Waals surface area contributed by atoms with Crippen LogP contribution in [-0.4, -0.2) is 60.5 Å². The van der Waals surface area contributed by atoms with E-state index in [1.54, 1.807) is 18.2 Å². The third-order valence-electron chi connectivity index (χ3n) is 4.62. The summed E-state index contributed by atoms with van der Waals surface area (Å²) in [6.07, 6.45) is 1.39. The smallest absolute Gasteiger partial charge is 0.243 e. The van der Waals surface area contributed by atoms with E-state index in [9.17, 15) is 13.2 Å². The highest BCUT2D eigenvalue weighted by Gasteiger charge is 2.17. The van der Waals surface area contributed by atoms with Gasteiger partial charge in [-0.3, -0.25) is 4.79 Å². The van der Waals surface area contributed by atoms with Gasteiger partial charge in [0.2, 0.25) is 5.91 Å². The number of nitrogens with two attached hydrogens (primary N) is 1. The number of ether oxygens (including phenoxy) is 4. The highest BCUT2D eigenvalue weighted by molar-refractivity contribution is 7.93. The van der Waals surface area contributed by atoms with Crippen molar-refractivity contribution >= 4 is 27.5 Å². The molecule has 0 spiro atoms. The first kappa shape index (κ1) is 26.0. The van der Waals surface area contributed by atoms with Crippen molar-refractivity contribution in [3.63, 3.8) is 0 Å². The maximum Gasteiger partial charge on any atom is 0.243 e. The van der Waals surface area contributed by atoms with Gasteiger partial charge in [-0.05, 0) is 23.8 Å². The van der Waals surface area contributed by atoms with Gasteiger partial charge in [0.1, 0.15) is 29.0 Å². The van der Waals surface area contributed by atoms with Crippen LogP contribution in [0.5, 0.6) is 23.0 Å². The van der Waals surface area contributed by atoms with Crippen molar-refractivity contribution in [1.29, 1.82) is 0 Å². The van der Waals surface area contributed by atoms with Crippen LogP contribution in [0.1, 0.15) is 11.1 Å². The summed E-state index contributed by atoms with van der Waals surface area (Å²) in [5.41, 5.74) is 6.60. The van der Waals surface area contributed by atoms with Crippen molar-refractivity contribution in [3.05, 3.63) is 46.9 Å². The lowest BCUT2D eigenvalue weighted by Crippen LogP contribution is -2.38. The minimum Gasteiger partial charge on any atom is -0.496 e. The average Bonchev–Trinajstić information content (AvgIpc) is 2.81. The molecule has 0 unspecified atom stereocenters. The number of carbonyl (C=O) groups excluding carboxylic acids is 1. The van der Waals surface area contributed by atoms with Gasteiger partial charge >= 0.3 is 0 Å². The summed E-state index contributed by atoms with van der Waals surface area (Å²) in [4.78, 5) is 12.0. The Kier molecular flexibility index (Phi) is 9.09. The molecule has 11 heteroatoms. The van der Waals surface area contributed by atoms with Crippen molar-refractivity contribution in [3.8, 4) is 23.0 Å². The molecule has 0 aliphatic carbocycles.